The molecule has 110 valence electrons. The standard InChI is InChI=1S/C16H19N3O2/c1-12(2)11-16(13-7-4-3-5-8-13)14(20)19(10-6-9-17)15(21)18-16/h3-5,7-8,12H,6,10-11H2,1-2H3,(H,18,21)/t16-/m0/s1. The van der Waals surface area contributed by atoms with Crippen molar-refractivity contribution < 1.29 is 9.59 Å². The molecule has 5 heteroatoms. The zero-order valence-corrected chi connectivity index (χ0v) is 12.3. The summed E-state index contributed by atoms with van der Waals surface area (Å²) in [5.74, 6) is -0.0203. The summed E-state index contributed by atoms with van der Waals surface area (Å²) in [6.45, 7) is 4.16. The minimum absolute atomic E-state index is 0.133. The average molecular weight is 285 g/mol. The number of amides is 3. The Morgan fingerprint density at radius 2 is 1.95 bits per heavy atom. The second-order valence-corrected chi connectivity index (χ2v) is 5.66. The molecule has 21 heavy (non-hydrogen) atoms. The van der Waals surface area contributed by atoms with Crippen LogP contribution in [-0.2, 0) is 10.3 Å². The Labute approximate surface area is 124 Å². The second-order valence-electron chi connectivity index (χ2n) is 5.66. The Balaban J connectivity index is 2.41. The van der Waals surface area contributed by atoms with Gasteiger partial charge in [0.1, 0.15) is 5.54 Å². The Morgan fingerprint density at radius 3 is 2.52 bits per heavy atom. The third-order valence-electron chi connectivity index (χ3n) is 3.60. The third kappa shape index (κ3) is 2.75. The molecule has 2 rings (SSSR count). The highest BCUT2D eigenvalue weighted by Crippen LogP contribution is 2.35. The molecule has 1 aliphatic rings. The number of imide groups is 1. The highest BCUT2D eigenvalue weighted by Gasteiger charge is 2.52. The maximum Gasteiger partial charge on any atom is 0.325 e. The minimum Gasteiger partial charge on any atom is -0.319 e. The van der Waals surface area contributed by atoms with Crippen LogP contribution < -0.4 is 5.32 Å². The van der Waals surface area contributed by atoms with Crippen LogP contribution in [0.4, 0.5) is 4.79 Å². The molecular formula is C16H19N3O2. The molecule has 1 aliphatic heterocycles. The normalized spacial score (nSPS) is 21.5. The molecule has 3 amide bonds. The van der Waals surface area contributed by atoms with E-state index in [2.05, 4.69) is 5.32 Å². The van der Waals surface area contributed by atoms with Gasteiger partial charge in [0.2, 0.25) is 0 Å². The van der Waals surface area contributed by atoms with Crippen molar-refractivity contribution in [3.8, 4) is 6.07 Å². The van der Waals surface area contributed by atoms with Crippen LogP contribution in [0.15, 0.2) is 30.3 Å². The lowest BCUT2D eigenvalue weighted by molar-refractivity contribution is -0.132. The molecule has 1 saturated heterocycles. The lowest BCUT2D eigenvalue weighted by Crippen LogP contribution is -2.45. The van der Waals surface area contributed by atoms with E-state index < -0.39 is 11.6 Å². The van der Waals surface area contributed by atoms with Crippen LogP contribution in [0, 0.1) is 17.2 Å². The van der Waals surface area contributed by atoms with E-state index in [0.717, 1.165) is 10.5 Å². The van der Waals surface area contributed by atoms with Crippen molar-refractivity contribution in [1.29, 1.82) is 5.26 Å². The van der Waals surface area contributed by atoms with E-state index in [0.29, 0.717) is 6.42 Å². The van der Waals surface area contributed by atoms with Gasteiger partial charge in [-0.25, -0.2) is 4.79 Å². The summed E-state index contributed by atoms with van der Waals surface area (Å²) in [7, 11) is 0. The van der Waals surface area contributed by atoms with Gasteiger partial charge in [0.15, 0.2) is 0 Å². The van der Waals surface area contributed by atoms with E-state index in [1.165, 1.54) is 0 Å². The predicted octanol–water partition coefficient (Wildman–Crippen LogP) is 2.39. The van der Waals surface area contributed by atoms with E-state index in [9.17, 15) is 9.59 Å². The van der Waals surface area contributed by atoms with Crippen molar-refractivity contribution in [2.24, 2.45) is 5.92 Å². The highest BCUT2D eigenvalue weighted by molar-refractivity contribution is 6.07. The van der Waals surface area contributed by atoms with E-state index >= 15 is 0 Å². The number of nitrogens with one attached hydrogen (secondary N) is 1. The topological polar surface area (TPSA) is 73.2 Å². The quantitative estimate of drug-likeness (QED) is 0.844. The number of nitriles is 1. The molecule has 1 aromatic carbocycles. The van der Waals surface area contributed by atoms with Crippen LogP contribution >= 0.6 is 0 Å². The van der Waals surface area contributed by atoms with Crippen LogP contribution in [0.5, 0.6) is 0 Å². The fraction of sp³-hybridized carbons (Fsp3) is 0.438. The molecule has 0 spiro atoms. The Hall–Kier alpha value is -2.35. The van der Waals surface area contributed by atoms with Crippen molar-refractivity contribution in [2.45, 2.75) is 32.2 Å². The molecule has 5 nitrogen and oxygen atoms in total. The smallest absolute Gasteiger partial charge is 0.319 e. The van der Waals surface area contributed by atoms with Crippen molar-refractivity contribution >= 4 is 11.9 Å². The molecule has 0 bridgehead atoms. The number of hydrogen-bond acceptors (Lipinski definition) is 3. The number of urea groups is 1. The number of carbonyl (C=O) groups is 2. The monoisotopic (exact) mass is 285 g/mol. The Bertz CT molecular complexity index is 577. The van der Waals surface area contributed by atoms with Crippen LogP contribution in [0.25, 0.3) is 0 Å². The predicted molar refractivity (Wildman–Crippen MR) is 78.0 cm³/mol. The van der Waals surface area contributed by atoms with E-state index in [1.54, 1.807) is 0 Å². The van der Waals surface area contributed by atoms with Gasteiger partial charge in [0, 0.05) is 6.54 Å². The van der Waals surface area contributed by atoms with Crippen LogP contribution in [-0.4, -0.2) is 23.4 Å². The molecule has 1 N–H and O–H groups in total. The zero-order chi connectivity index (χ0) is 15.5. The molecular weight excluding hydrogens is 266 g/mol. The van der Waals surface area contributed by atoms with Crippen molar-refractivity contribution in [3.05, 3.63) is 35.9 Å². The maximum absolute atomic E-state index is 12.8. The second kappa shape index (κ2) is 5.96. The first-order chi connectivity index (χ1) is 10.0. The molecule has 0 aromatic heterocycles. The van der Waals surface area contributed by atoms with Gasteiger partial charge >= 0.3 is 6.03 Å². The van der Waals surface area contributed by atoms with Gasteiger partial charge in [-0.3, -0.25) is 9.69 Å². The largest absolute Gasteiger partial charge is 0.325 e. The Kier molecular flexibility index (Phi) is 4.27. The van der Waals surface area contributed by atoms with Gasteiger partial charge in [0.25, 0.3) is 5.91 Å². The zero-order valence-electron chi connectivity index (χ0n) is 12.3. The molecule has 0 unspecified atom stereocenters. The summed E-state index contributed by atoms with van der Waals surface area (Å²) in [6, 6.07) is 10.9. The fourth-order valence-corrected chi connectivity index (χ4v) is 2.78. The van der Waals surface area contributed by atoms with Gasteiger partial charge in [-0.2, -0.15) is 5.26 Å². The van der Waals surface area contributed by atoms with Gasteiger partial charge < -0.3 is 5.32 Å². The third-order valence-corrected chi connectivity index (χ3v) is 3.60. The van der Waals surface area contributed by atoms with Crippen LogP contribution in [0.3, 0.4) is 0 Å². The Morgan fingerprint density at radius 1 is 1.29 bits per heavy atom. The summed E-state index contributed by atoms with van der Waals surface area (Å²) in [4.78, 5) is 26.1. The average Bonchev–Trinajstić information content (AvgIpc) is 2.69. The van der Waals surface area contributed by atoms with Gasteiger partial charge in [-0.05, 0) is 17.9 Å². The van der Waals surface area contributed by atoms with E-state index in [4.69, 9.17) is 5.26 Å². The van der Waals surface area contributed by atoms with Crippen LogP contribution in [0.2, 0.25) is 0 Å². The van der Waals surface area contributed by atoms with Crippen molar-refractivity contribution in [1.82, 2.24) is 10.2 Å². The molecule has 0 radical (unpaired) electrons. The number of nitrogens with zero attached hydrogens (tertiary/aromatic N) is 2. The number of benzene rings is 1. The van der Waals surface area contributed by atoms with Crippen molar-refractivity contribution in [2.75, 3.05) is 6.54 Å². The molecule has 1 heterocycles. The fourth-order valence-electron chi connectivity index (χ4n) is 2.78. The first-order valence-electron chi connectivity index (χ1n) is 7.08. The summed E-state index contributed by atoms with van der Waals surface area (Å²) in [5, 5.41) is 11.5. The molecule has 1 aromatic rings. The lowest BCUT2D eigenvalue weighted by atomic mass is 9.82. The molecule has 1 fully saturated rings. The number of carbonyl (C=O) groups excluding carboxylic acids is 2. The molecule has 0 saturated carbocycles. The number of rotatable bonds is 5. The summed E-state index contributed by atoms with van der Waals surface area (Å²) in [6.07, 6.45) is 0.677. The number of hydrogen-bond donors (Lipinski definition) is 1. The van der Waals surface area contributed by atoms with Gasteiger partial charge in [0.05, 0.1) is 12.5 Å². The van der Waals surface area contributed by atoms with Crippen molar-refractivity contribution in [3.63, 3.8) is 0 Å². The SMILES string of the molecule is CC(C)C[C@@]1(c2ccccc2)NC(=O)N(CCC#N)C1=O. The van der Waals surface area contributed by atoms with E-state index in [-0.39, 0.29) is 24.8 Å². The summed E-state index contributed by atoms with van der Waals surface area (Å²) in [5.41, 5.74) is -0.224. The summed E-state index contributed by atoms with van der Waals surface area (Å²) >= 11 is 0. The minimum atomic E-state index is -1.01. The first-order valence-corrected chi connectivity index (χ1v) is 7.08. The summed E-state index contributed by atoms with van der Waals surface area (Å²) < 4.78 is 0. The van der Waals surface area contributed by atoms with E-state index in [1.807, 2.05) is 50.2 Å². The molecule has 0 aliphatic carbocycles. The maximum atomic E-state index is 12.8. The highest BCUT2D eigenvalue weighted by atomic mass is 16.2. The van der Waals surface area contributed by atoms with Gasteiger partial charge in [-0.15, -0.1) is 0 Å². The lowest BCUT2D eigenvalue weighted by Gasteiger charge is -2.29. The molecule has 1 atom stereocenters. The van der Waals surface area contributed by atoms with Gasteiger partial charge in [-0.1, -0.05) is 44.2 Å². The van der Waals surface area contributed by atoms with Crippen LogP contribution in [0.1, 0.15) is 32.3 Å². The first kappa shape index (κ1) is 15.0.